The molecule has 5 nitrogen and oxygen atoms in total. The SMILES string of the molecule is C[C@H](NC(=O)c1cc(-c2ccccn2)n[nH]1)c1ccccc1. The fourth-order valence-electron chi connectivity index (χ4n) is 2.18. The van der Waals surface area contributed by atoms with E-state index in [2.05, 4.69) is 20.5 Å². The zero-order valence-electron chi connectivity index (χ0n) is 12.2. The fraction of sp³-hybridized carbons (Fsp3) is 0.118. The first-order valence-electron chi connectivity index (χ1n) is 7.06. The molecule has 1 aromatic carbocycles. The molecule has 0 radical (unpaired) electrons. The molecule has 2 N–H and O–H groups in total. The number of hydrogen-bond donors (Lipinski definition) is 2. The molecule has 3 rings (SSSR count). The number of aromatic nitrogens is 3. The van der Waals surface area contributed by atoms with Crippen LogP contribution in [0.25, 0.3) is 11.4 Å². The molecule has 0 saturated carbocycles. The van der Waals surface area contributed by atoms with Gasteiger partial charge in [0.1, 0.15) is 11.4 Å². The van der Waals surface area contributed by atoms with Gasteiger partial charge in [-0.05, 0) is 30.7 Å². The van der Waals surface area contributed by atoms with Gasteiger partial charge >= 0.3 is 0 Å². The van der Waals surface area contributed by atoms with Crippen molar-refractivity contribution in [1.82, 2.24) is 20.5 Å². The molecule has 0 fully saturated rings. The highest BCUT2D eigenvalue weighted by Crippen LogP contribution is 2.16. The molecular weight excluding hydrogens is 276 g/mol. The van der Waals surface area contributed by atoms with Crippen molar-refractivity contribution in [1.29, 1.82) is 0 Å². The molecule has 0 saturated heterocycles. The first-order valence-corrected chi connectivity index (χ1v) is 7.06. The van der Waals surface area contributed by atoms with Crippen molar-refractivity contribution in [2.45, 2.75) is 13.0 Å². The lowest BCUT2D eigenvalue weighted by molar-refractivity contribution is 0.0935. The highest BCUT2D eigenvalue weighted by molar-refractivity contribution is 5.93. The van der Waals surface area contributed by atoms with Gasteiger partial charge in [0, 0.05) is 6.20 Å². The van der Waals surface area contributed by atoms with E-state index in [1.54, 1.807) is 12.3 Å². The summed E-state index contributed by atoms with van der Waals surface area (Å²) in [4.78, 5) is 16.5. The number of benzene rings is 1. The number of carbonyl (C=O) groups excluding carboxylic acids is 1. The summed E-state index contributed by atoms with van der Waals surface area (Å²) in [7, 11) is 0. The Balaban J connectivity index is 1.72. The van der Waals surface area contributed by atoms with Crippen LogP contribution in [0.5, 0.6) is 0 Å². The number of hydrogen-bond acceptors (Lipinski definition) is 3. The lowest BCUT2D eigenvalue weighted by Crippen LogP contribution is -2.26. The molecule has 5 heteroatoms. The number of amides is 1. The van der Waals surface area contributed by atoms with Crippen LogP contribution in [-0.4, -0.2) is 21.1 Å². The van der Waals surface area contributed by atoms with E-state index in [0.29, 0.717) is 11.4 Å². The molecule has 0 aliphatic heterocycles. The molecule has 2 aromatic heterocycles. The Kier molecular flexibility index (Phi) is 3.96. The van der Waals surface area contributed by atoms with Gasteiger partial charge in [-0.2, -0.15) is 5.10 Å². The molecule has 3 aromatic rings. The van der Waals surface area contributed by atoms with E-state index in [9.17, 15) is 4.79 Å². The summed E-state index contributed by atoms with van der Waals surface area (Å²) in [5.74, 6) is -0.189. The van der Waals surface area contributed by atoms with Crippen molar-refractivity contribution in [3.05, 3.63) is 72.1 Å². The minimum absolute atomic E-state index is 0.0738. The minimum Gasteiger partial charge on any atom is -0.344 e. The lowest BCUT2D eigenvalue weighted by Gasteiger charge is -2.13. The van der Waals surface area contributed by atoms with Gasteiger partial charge < -0.3 is 5.32 Å². The van der Waals surface area contributed by atoms with Gasteiger partial charge in [-0.3, -0.25) is 14.9 Å². The van der Waals surface area contributed by atoms with E-state index in [0.717, 1.165) is 11.3 Å². The zero-order valence-corrected chi connectivity index (χ0v) is 12.2. The average Bonchev–Trinajstić information content (AvgIpc) is 3.06. The summed E-state index contributed by atoms with van der Waals surface area (Å²) < 4.78 is 0. The summed E-state index contributed by atoms with van der Waals surface area (Å²) in [6.07, 6.45) is 1.70. The van der Waals surface area contributed by atoms with Crippen molar-refractivity contribution in [2.24, 2.45) is 0 Å². The topological polar surface area (TPSA) is 70.7 Å². The largest absolute Gasteiger partial charge is 0.344 e. The van der Waals surface area contributed by atoms with Gasteiger partial charge in [0.05, 0.1) is 11.7 Å². The molecule has 0 aliphatic rings. The van der Waals surface area contributed by atoms with Crippen LogP contribution in [0.4, 0.5) is 0 Å². The Morgan fingerprint density at radius 2 is 1.86 bits per heavy atom. The number of carbonyl (C=O) groups is 1. The summed E-state index contributed by atoms with van der Waals surface area (Å²) >= 11 is 0. The Morgan fingerprint density at radius 1 is 1.09 bits per heavy atom. The third kappa shape index (κ3) is 3.03. The highest BCUT2D eigenvalue weighted by Gasteiger charge is 2.14. The summed E-state index contributed by atoms with van der Waals surface area (Å²) in [5, 5.41) is 9.84. The van der Waals surface area contributed by atoms with Crippen LogP contribution in [-0.2, 0) is 0 Å². The number of pyridine rings is 1. The molecule has 0 spiro atoms. The van der Waals surface area contributed by atoms with Crippen molar-refractivity contribution in [2.75, 3.05) is 0 Å². The quantitative estimate of drug-likeness (QED) is 0.776. The minimum atomic E-state index is -0.189. The monoisotopic (exact) mass is 292 g/mol. The van der Waals surface area contributed by atoms with E-state index in [1.165, 1.54) is 0 Å². The third-order valence-corrected chi connectivity index (χ3v) is 3.40. The Morgan fingerprint density at radius 3 is 2.59 bits per heavy atom. The molecule has 1 atom stereocenters. The van der Waals surface area contributed by atoms with Crippen molar-refractivity contribution in [3.8, 4) is 11.4 Å². The number of nitrogens with one attached hydrogen (secondary N) is 2. The van der Waals surface area contributed by atoms with Crippen LogP contribution in [0.3, 0.4) is 0 Å². The molecule has 2 heterocycles. The van der Waals surface area contributed by atoms with E-state index in [-0.39, 0.29) is 11.9 Å². The van der Waals surface area contributed by atoms with Gasteiger partial charge in [0.15, 0.2) is 0 Å². The molecule has 1 amide bonds. The third-order valence-electron chi connectivity index (χ3n) is 3.40. The normalized spacial score (nSPS) is 11.9. The maximum Gasteiger partial charge on any atom is 0.269 e. The van der Waals surface area contributed by atoms with Gasteiger partial charge in [-0.25, -0.2) is 0 Å². The zero-order chi connectivity index (χ0) is 15.4. The Labute approximate surface area is 128 Å². The first-order chi connectivity index (χ1) is 10.7. The Hall–Kier alpha value is -2.95. The van der Waals surface area contributed by atoms with E-state index < -0.39 is 0 Å². The van der Waals surface area contributed by atoms with E-state index >= 15 is 0 Å². The number of H-pyrrole nitrogens is 1. The molecule has 0 bridgehead atoms. The number of nitrogens with zero attached hydrogens (tertiary/aromatic N) is 2. The van der Waals surface area contributed by atoms with E-state index in [1.807, 2.05) is 55.5 Å². The van der Waals surface area contributed by atoms with Crippen LogP contribution in [0, 0.1) is 0 Å². The standard InChI is InChI=1S/C17H16N4O/c1-12(13-7-3-2-4-8-13)19-17(22)16-11-15(20-21-16)14-9-5-6-10-18-14/h2-12H,1H3,(H,19,22)(H,20,21)/t12-/m0/s1. The first kappa shape index (κ1) is 14.0. The predicted octanol–water partition coefficient (Wildman–Crippen LogP) is 2.96. The number of rotatable bonds is 4. The fourth-order valence-corrected chi connectivity index (χ4v) is 2.18. The van der Waals surface area contributed by atoms with Crippen LogP contribution in [0.15, 0.2) is 60.8 Å². The van der Waals surface area contributed by atoms with Crippen LogP contribution in [0.2, 0.25) is 0 Å². The summed E-state index contributed by atoms with van der Waals surface area (Å²) in [6.45, 7) is 1.95. The van der Waals surface area contributed by atoms with Gasteiger partial charge in [0.2, 0.25) is 0 Å². The second-order valence-corrected chi connectivity index (χ2v) is 4.99. The van der Waals surface area contributed by atoms with Gasteiger partial charge in [-0.15, -0.1) is 0 Å². The second-order valence-electron chi connectivity index (χ2n) is 4.99. The van der Waals surface area contributed by atoms with Crippen LogP contribution >= 0.6 is 0 Å². The highest BCUT2D eigenvalue weighted by atomic mass is 16.2. The van der Waals surface area contributed by atoms with E-state index in [4.69, 9.17) is 0 Å². The summed E-state index contributed by atoms with van der Waals surface area (Å²) in [6, 6.07) is 17.0. The average molecular weight is 292 g/mol. The molecule has 22 heavy (non-hydrogen) atoms. The molecule has 0 aliphatic carbocycles. The molecule has 110 valence electrons. The number of aromatic amines is 1. The van der Waals surface area contributed by atoms with Crippen LogP contribution < -0.4 is 5.32 Å². The lowest BCUT2D eigenvalue weighted by atomic mass is 10.1. The smallest absolute Gasteiger partial charge is 0.269 e. The van der Waals surface area contributed by atoms with Gasteiger partial charge in [-0.1, -0.05) is 36.4 Å². The molecular formula is C17H16N4O. The maximum absolute atomic E-state index is 12.3. The molecule has 0 unspecified atom stereocenters. The second kappa shape index (κ2) is 6.22. The summed E-state index contributed by atoms with van der Waals surface area (Å²) in [5.41, 5.74) is 2.86. The van der Waals surface area contributed by atoms with Crippen molar-refractivity contribution < 1.29 is 4.79 Å². The maximum atomic E-state index is 12.3. The van der Waals surface area contributed by atoms with Gasteiger partial charge in [0.25, 0.3) is 5.91 Å². The van der Waals surface area contributed by atoms with Crippen molar-refractivity contribution in [3.63, 3.8) is 0 Å². The Bertz CT molecular complexity index is 753. The van der Waals surface area contributed by atoms with Crippen molar-refractivity contribution >= 4 is 5.91 Å². The van der Waals surface area contributed by atoms with Crippen LogP contribution in [0.1, 0.15) is 29.0 Å². The predicted molar refractivity (Wildman–Crippen MR) is 84.1 cm³/mol.